The summed E-state index contributed by atoms with van der Waals surface area (Å²) in [5, 5.41) is 7.68. The van der Waals surface area contributed by atoms with Crippen LogP contribution >= 0.6 is 0 Å². The smallest absolute Gasteiger partial charge is 0.312 e. The van der Waals surface area contributed by atoms with E-state index >= 15 is 0 Å². The summed E-state index contributed by atoms with van der Waals surface area (Å²) in [5.41, 5.74) is 7.07. The summed E-state index contributed by atoms with van der Waals surface area (Å²) >= 11 is 0. The van der Waals surface area contributed by atoms with Crippen molar-refractivity contribution in [2.75, 3.05) is 12.4 Å². The van der Waals surface area contributed by atoms with Crippen molar-refractivity contribution < 1.29 is 14.4 Å². The van der Waals surface area contributed by atoms with Gasteiger partial charge in [-0.1, -0.05) is 30.3 Å². The van der Waals surface area contributed by atoms with Crippen molar-refractivity contribution in [1.82, 2.24) is 10.6 Å². The molecule has 7 nitrogen and oxygen atoms in total. The highest BCUT2D eigenvalue weighted by Gasteiger charge is 2.20. The summed E-state index contributed by atoms with van der Waals surface area (Å²) in [6.45, 7) is 0. The van der Waals surface area contributed by atoms with Gasteiger partial charge in [-0.2, -0.15) is 0 Å². The lowest BCUT2D eigenvalue weighted by molar-refractivity contribution is -0.117. The summed E-state index contributed by atoms with van der Waals surface area (Å²) in [6.07, 6.45) is 0.311. The van der Waals surface area contributed by atoms with E-state index in [1.54, 1.807) is 31.3 Å². The molecule has 4 amide bonds. The lowest BCUT2D eigenvalue weighted by Gasteiger charge is -2.17. The predicted molar refractivity (Wildman–Crippen MR) is 95.1 cm³/mol. The van der Waals surface area contributed by atoms with Crippen LogP contribution in [-0.4, -0.2) is 30.9 Å². The van der Waals surface area contributed by atoms with Gasteiger partial charge in [-0.05, 0) is 29.8 Å². The Labute approximate surface area is 145 Å². The number of urea groups is 1. The molecule has 2 rings (SSSR count). The van der Waals surface area contributed by atoms with Crippen molar-refractivity contribution >= 4 is 23.5 Å². The molecule has 2 aromatic carbocycles. The average molecular weight is 340 g/mol. The van der Waals surface area contributed by atoms with Crippen LogP contribution in [0.25, 0.3) is 0 Å². The lowest BCUT2D eigenvalue weighted by atomic mass is 10.1. The molecule has 2 aromatic rings. The Morgan fingerprint density at radius 2 is 1.64 bits per heavy atom. The monoisotopic (exact) mass is 340 g/mol. The topological polar surface area (TPSA) is 113 Å². The molecular weight excluding hydrogens is 320 g/mol. The molecule has 0 radical (unpaired) electrons. The summed E-state index contributed by atoms with van der Waals surface area (Å²) in [5.74, 6) is -0.606. The second-order valence-corrected chi connectivity index (χ2v) is 5.40. The Hall–Kier alpha value is -3.35. The van der Waals surface area contributed by atoms with E-state index in [4.69, 9.17) is 5.73 Å². The number of nitrogens with two attached hydrogens (primary N) is 1. The molecule has 0 aliphatic carbocycles. The van der Waals surface area contributed by atoms with Gasteiger partial charge in [-0.3, -0.25) is 9.59 Å². The molecule has 0 bridgehead atoms. The molecule has 0 aliphatic rings. The lowest BCUT2D eigenvalue weighted by Crippen LogP contribution is -2.47. The Kier molecular flexibility index (Phi) is 6.11. The van der Waals surface area contributed by atoms with Gasteiger partial charge in [0, 0.05) is 24.7 Å². The third kappa shape index (κ3) is 5.35. The van der Waals surface area contributed by atoms with Gasteiger partial charge in [-0.15, -0.1) is 0 Å². The third-order valence-corrected chi connectivity index (χ3v) is 3.56. The molecule has 0 saturated carbocycles. The molecule has 7 heteroatoms. The summed E-state index contributed by atoms with van der Waals surface area (Å²) in [4.78, 5) is 35.2. The van der Waals surface area contributed by atoms with E-state index in [-0.39, 0.29) is 5.91 Å². The largest absolute Gasteiger partial charge is 0.355 e. The van der Waals surface area contributed by atoms with Crippen LogP contribution in [0.1, 0.15) is 15.9 Å². The Morgan fingerprint density at radius 3 is 2.20 bits per heavy atom. The minimum atomic E-state index is -0.807. The van der Waals surface area contributed by atoms with E-state index in [0.29, 0.717) is 17.7 Å². The number of hydrogen-bond acceptors (Lipinski definition) is 3. The van der Waals surface area contributed by atoms with Crippen molar-refractivity contribution in [1.29, 1.82) is 0 Å². The highest BCUT2D eigenvalue weighted by molar-refractivity contribution is 5.98. The second-order valence-electron chi connectivity index (χ2n) is 5.40. The molecule has 0 saturated heterocycles. The maximum Gasteiger partial charge on any atom is 0.312 e. The minimum absolute atomic E-state index is 0.213. The number of anilines is 1. The SMILES string of the molecule is CNC(=O)c1ccc(NC(=O)[C@H](Cc2ccccc2)NC(N)=O)cc1. The Morgan fingerprint density at radius 1 is 1.00 bits per heavy atom. The van der Waals surface area contributed by atoms with Crippen LogP contribution in [0.2, 0.25) is 0 Å². The number of rotatable bonds is 6. The van der Waals surface area contributed by atoms with Crippen molar-refractivity contribution in [3.8, 4) is 0 Å². The van der Waals surface area contributed by atoms with Gasteiger partial charge in [0.25, 0.3) is 5.91 Å². The van der Waals surface area contributed by atoms with Crippen molar-refractivity contribution in [2.45, 2.75) is 12.5 Å². The fourth-order valence-electron chi connectivity index (χ4n) is 2.31. The van der Waals surface area contributed by atoms with Crippen molar-refractivity contribution in [3.05, 3.63) is 65.7 Å². The first kappa shape index (κ1) is 18.0. The standard InChI is InChI=1S/C18H20N4O3/c1-20-16(23)13-7-9-14(10-8-13)21-17(24)15(22-18(19)25)11-12-5-3-2-4-6-12/h2-10,15H,11H2,1H3,(H,20,23)(H,21,24)(H3,19,22,25)/t15-/m0/s1. The maximum absolute atomic E-state index is 12.5. The summed E-state index contributed by atoms with van der Waals surface area (Å²) < 4.78 is 0. The molecule has 130 valence electrons. The number of carbonyl (C=O) groups excluding carboxylic acids is 3. The van der Waals surface area contributed by atoms with Crippen LogP contribution in [0.15, 0.2) is 54.6 Å². The van der Waals surface area contributed by atoms with Crippen molar-refractivity contribution in [2.24, 2.45) is 5.73 Å². The quantitative estimate of drug-likeness (QED) is 0.635. The highest BCUT2D eigenvalue weighted by Crippen LogP contribution is 2.11. The molecule has 0 heterocycles. The first-order chi connectivity index (χ1) is 12.0. The number of benzene rings is 2. The Balaban J connectivity index is 2.08. The first-order valence-electron chi connectivity index (χ1n) is 7.72. The molecule has 0 aromatic heterocycles. The number of amides is 4. The summed E-state index contributed by atoms with van der Waals surface area (Å²) in [7, 11) is 1.54. The molecule has 0 unspecified atom stereocenters. The van der Waals surface area contributed by atoms with E-state index in [9.17, 15) is 14.4 Å². The zero-order chi connectivity index (χ0) is 18.2. The maximum atomic E-state index is 12.5. The fourth-order valence-corrected chi connectivity index (χ4v) is 2.31. The van der Waals surface area contributed by atoms with E-state index in [1.807, 2.05) is 30.3 Å². The van der Waals surface area contributed by atoms with Gasteiger partial charge in [-0.25, -0.2) is 4.79 Å². The van der Waals surface area contributed by atoms with Crippen LogP contribution < -0.4 is 21.7 Å². The highest BCUT2D eigenvalue weighted by atomic mass is 16.2. The van der Waals surface area contributed by atoms with E-state index < -0.39 is 18.0 Å². The zero-order valence-electron chi connectivity index (χ0n) is 13.8. The Bertz CT molecular complexity index is 745. The minimum Gasteiger partial charge on any atom is -0.355 e. The van der Waals surface area contributed by atoms with Gasteiger partial charge >= 0.3 is 6.03 Å². The van der Waals surface area contributed by atoms with Gasteiger partial charge < -0.3 is 21.7 Å². The van der Waals surface area contributed by atoms with E-state index in [2.05, 4.69) is 16.0 Å². The second kappa shape index (κ2) is 8.49. The normalized spacial score (nSPS) is 11.2. The first-order valence-corrected chi connectivity index (χ1v) is 7.72. The molecule has 0 aliphatic heterocycles. The van der Waals surface area contributed by atoms with E-state index in [1.165, 1.54) is 0 Å². The molecule has 0 fully saturated rings. The van der Waals surface area contributed by atoms with Crippen LogP contribution in [0.3, 0.4) is 0 Å². The molecule has 25 heavy (non-hydrogen) atoms. The molecule has 0 spiro atoms. The number of primary amides is 1. The van der Waals surface area contributed by atoms with E-state index in [0.717, 1.165) is 5.56 Å². The fraction of sp³-hybridized carbons (Fsp3) is 0.167. The third-order valence-electron chi connectivity index (χ3n) is 3.56. The van der Waals surface area contributed by atoms with Gasteiger partial charge in [0.1, 0.15) is 6.04 Å². The van der Waals surface area contributed by atoms with Crippen LogP contribution in [0.4, 0.5) is 10.5 Å². The molecule has 5 N–H and O–H groups in total. The number of carbonyl (C=O) groups is 3. The van der Waals surface area contributed by atoms with Gasteiger partial charge in [0.2, 0.25) is 5.91 Å². The van der Waals surface area contributed by atoms with Gasteiger partial charge in [0.05, 0.1) is 0 Å². The number of hydrogen-bond donors (Lipinski definition) is 4. The van der Waals surface area contributed by atoms with Crippen LogP contribution in [0, 0.1) is 0 Å². The predicted octanol–water partition coefficient (Wildman–Crippen LogP) is 1.26. The summed E-state index contributed by atoms with van der Waals surface area (Å²) in [6, 6.07) is 14.2. The molecule has 1 atom stereocenters. The molecular formula is C18H20N4O3. The average Bonchev–Trinajstić information content (AvgIpc) is 2.61. The van der Waals surface area contributed by atoms with Crippen molar-refractivity contribution in [3.63, 3.8) is 0 Å². The van der Waals surface area contributed by atoms with Gasteiger partial charge in [0.15, 0.2) is 0 Å². The zero-order valence-corrected chi connectivity index (χ0v) is 13.8. The van der Waals surface area contributed by atoms with Crippen LogP contribution in [0.5, 0.6) is 0 Å². The van der Waals surface area contributed by atoms with Crippen LogP contribution in [-0.2, 0) is 11.2 Å². The number of nitrogens with one attached hydrogen (secondary N) is 3.